The van der Waals surface area contributed by atoms with Crippen molar-refractivity contribution in [3.63, 3.8) is 0 Å². The molecule has 0 amide bonds. The van der Waals surface area contributed by atoms with Gasteiger partial charge in [0.15, 0.2) is 0 Å². The number of hydrogen-bond acceptors (Lipinski definition) is 3. The highest BCUT2D eigenvalue weighted by atomic mass is 19.4. The van der Waals surface area contributed by atoms with Gasteiger partial charge in [-0.1, -0.05) is 0 Å². The number of ketones is 2. The third-order valence-electron chi connectivity index (χ3n) is 3.46. The molecule has 0 saturated carbocycles. The van der Waals surface area contributed by atoms with Gasteiger partial charge in [0.05, 0.1) is 0 Å². The Kier molecular flexibility index (Phi) is 6.77. The average molecular weight is 520 g/mol. The van der Waals surface area contributed by atoms with Crippen LogP contribution in [0.3, 0.4) is 0 Å². The molecule has 1 N–H and O–H groups in total. The van der Waals surface area contributed by atoms with Gasteiger partial charge in [-0.25, -0.2) is 13.6 Å². The zero-order chi connectivity index (χ0) is 26.7. The van der Waals surface area contributed by atoms with Gasteiger partial charge in [0.1, 0.15) is 0 Å². The first-order valence-electron chi connectivity index (χ1n) is 6.55. The van der Waals surface area contributed by atoms with E-state index in [1.807, 2.05) is 0 Å². The van der Waals surface area contributed by atoms with Crippen LogP contribution in [0.15, 0.2) is 0 Å². The van der Waals surface area contributed by atoms with E-state index in [2.05, 4.69) is 0 Å². The van der Waals surface area contributed by atoms with Gasteiger partial charge in [-0.15, -0.1) is 0 Å². The summed E-state index contributed by atoms with van der Waals surface area (Å²) in [6.07, 6.45) is -23.5. The summed E-state index contributed by atoms with van der Waals surface area (Å²) in [5.74, 6) is -40.4. The maximum atomic E-state index is 14.0. The summed E-state index contributed by atoms with van der Waals surface area (Å²) in [5, 5.41) is 7.95. The van der Waals surface area contributed by atoms with Crippen LogP contribution < -0.4 is 0 Å². The van der Waals surface area contributed by atoms with E-state index in [9.17, 15) is 89.0 Å². The second kappa shape index (κ2) is 7.32. The molecular formula is C11HF17O4. The maximum absolute atomic E-state index is 14.0. The van der Waals surface area contributed by atoms with Gasteiger partial charge in [0, 0.05) is 0 Å². The average Bonchev–Trinajstić information content (AvgIpc) is 2.54. The second-order valence-corrected chi connectivity index (χ2v) is 5.50. The fourth-order valence-electron chi connectivity index (χ4n) is 1.71. The molecule has 0 radical (unpaired) electrons. The zero-order valence-corrected chi connectivity index (χ0v) is 13.6. The van der Waals surface area contributed by atoms with Crippen molar-refractivity contribution in [1.82, 2.24) is 0 Å². The van der Waals surface area contributed by atoms with Crippen molar-refractivity contribution in [2.75, 3.05) is 0 Å². The van der Waals surface area contributed by atoms with Gasteiger partial charge in [-0.3, -0.25) is 9.59 Å². The fraction of sp³-hybridized carbons (Fsp3) is 0.727. The number of halogens is 17. The lowest BCUT2D eigenvalue weighted by Crippen LogP contribution is -2.74. The number of carboxylic acid groups (broad SMARTS) is 1. The van der Waals surface area contributed by atoms with E-state index in [1.54, 1.807) is 0 Å². The molecule has 21 heteroatoms. The number of rotatable bonds is 7. The van der Waals surface area contributed by atoms with Crippen LogP contribution in [-0.2, 0) is 14.4 Å². The highest BCUT2D eigenvalue weighted by molar-refractivity contribution is 6.14. The summed E-state index contributed by atoms with van der Waals surface area (Å²) >= 11 is 0. The van der Waals surface area contributed by atoms with Crippen molar-refractivity contribution < 1.29 is 94.1 Å². The Hall–Kier alpha value is -2.38. The molecule has 0 bridgehead atoms. The minimum atomic E-state index is -8.42. The van der Waals surface area contributed by atoms with Crippen molar-refractivity contribution in [3.05, 3.63) is 0 Å². The fourth-order valence-corrected chi connectivity index (χ4v) is 1.71. The van der Waals surface area contributed by atoms with E-state index >= 15 is 0 Å². The number of carboxylic acids is 1. The Labute approximate surface area is 160 Å². The second-order valence-electron chi connectivity index (χ2n) is 5.50. The molecule has 0 aliphatic heterocycles. The molecular weight excluding hydrogens is 519 g/mol. The van der Waals surface area contributed by atoms with Crippen molar-refractivity contribution in [2.24, 2.45) is 0 Å². The third kappa shape index (κ3) is 3.71. The van der Waals surface area contributed by atoms with Crippen molar-refractivity contribution in [2.45, 2.75) is 47.6 Å². The number of carbonyl (C=O) groups is 3. The topological polar surface area (TPSA) is 71.4 Å². The number of Topliss-reactive ketones (excluding diaryl/α,β-unsaturated/α-hetero) is 2. The van der Waals surface area contributed by atoms with Crippen molar-refractivity contribution in [1.29, 1.82) is 0 Å². The van der Waals surface area contributed by atoms with Crippen molar-refractivity contribution >= 4 is 17.5 Å². The lowest BCUT2D eigenvalue weighted by atomic mass is 9.80. The van der Waals surface area contributed by atoms with Crippen LogP contribution in [0.5, 0.6) is 0 Å². The highest BCUT2D eigenvalue weighted by Gasteiger charge is 2.90. The molecule has 0 heterocycles. The summed E-state index contributed by atoms with van der Waals surface area (Å²) in [6.45, 7) is 0. The first-order chi connectivity index (χ1) is 13.5. The first-order valence-corrected chi connectivity index (χ1v) is 6.55. The molecule has 188 valence electrons. The lowest BCUT2D eigenvalue weighted by molar-refractivity contribution is -0.354. The van der Waals surface area contributed by atoms with Gasteiger partial charge < -0.3 is 5.11 Å². The Bertz CT molecular complexity index is 790. The SMILES string of the molecule is O=C(O)C(F)(C(=O)C(F)(F)C(F)(C(=O)C(F)(F)C(F)(F)C(F)(F)F)C(F)(F)F)C(F)(F)F. The van der Waals surface area contributed by atoms with Crippen LogP contribution >= 0.6 is 0 Å². The van der Waals surface area contributed by atoms with Crippen LogP contribution in [0.4, 0.5) is 74.6 Å². The minimum Gasteiger partial charge on any atom is -0.478 e. The number of aliphatic carboxylic acids is 1. The predicted octanol–water partition coefficient (Wildman–Crippen LogP) is 4.22. The molecule has 2 atom stereocenters. The number of carbonyl (C=O) groups excluding carboxylic acids is 2. The van der Waals surface area contributed by atoms with Crippen LogP contribution in [0, 0.1) is 0 Å². The summed E-state index contributed by atoms with van der Waals surface area (Å²) in [7, 11) is 0. The Morgan fingerprint density at radius 2 is 0.812 bits per heavy atom. The molecule has 0 aromatic heterocycles. The van der Waals surface area contributed by atoms with Crippen LogP contribution in [0.25, 0.3) is 0 Å². The summed E-state index contributed by atoms with van der Waals surface area (Å²) in [6, 6.07) is 0. The first kappa shape index (κ1) is 29.6. The van der Waals surface area contributed by atoms with E-state index in [4.69, 9.17) is 5.11 Å². The molecule has 4 nitrogen and oxygen atoms in total. The van der Waals surface area contributed by atoms with E-state index < -0.39 is 65.2 Å². The quantitative estimate of drug-likeness (QED) is 0.404. The molecule has 0 aliphatic rings. The van der Waals surface area contributed by atoms with Crippen LogP contribution in [0.2, 0.25) is 0 Å². The third-order valence-corrected chi connectivity index (χ3v) is 3.46. The summed E-state index contributed by atoms with van der Waals surface area (Å²) in [5.41, 5.74) is -15.7. The van der Waals surface area contributed by atoms with Crippen LogP contribution in [0.1, 0.15) is 0 Å². The predicted molar refractivity (Wildman–Crippen MR) is 58.3 cm³/mol. The summed E-state index contributed by atoms with van der Waals surface area (Å²) in [4.78, 5) is 32.1. The van der Waals surface area contributed by atoms with Gasteiger partial charge in [0.25, 0.3) is 11.6 Å². The Morgan fingerprint density at radius 3 is 1.03 bits per heavy atom. The molecule has 0 aromatic rings. The normalized spacial score (nSPS) is 18.5. The summed E-state index contributed by atoms with van der Waals surface area (Å²) < 4.78 is 218. The highest BCUT2D eigenvalue weighted by Crippen LogP contribution is 2.56. The zero-order valence-electron chi connectivity index (χ0n) is 13.6. The molecule has 0 aliphatic carbocycles. The molecule has 0 fully saturated rings. The Morgan fingerprint density at radius 1 is 0.469 bits per heavy atom. The van der Waals surface area contributed by atoms with Crippen LogP contribution in [-0.4, -0.2) is 70.3 Å². The number of hydrogen-bond donors (Lipinski definition) is 1. The molecule has 32 heavy (non-hydrogen) atoms. The van der Waals surface area contributed by atoms with E-state index in [0.29, 0.717) is 0 Å². The minimum absolute atomic E-state index is 4.47. The Balaban J connectivity index is 7.27. The molecule has 0 aromatic carbocycles. The van der Waals surface area contributed by atoms with Gasteiger partial charge in [0.2, 0.25) is 0 Å². The number of alkyl halides is 17. The standard InChI is InChI=1S/C11HF17O4/c12-4(3(31)32,9(20,21)22)1(29)6(14,15)5(13,10(23,24)25)2(30)7(16,17)8(18,19)11(26,27)28/h(H,31,32). The maximum Gasteiger partial charge on any atom is 0.460 e. The molecule has 2 unspecified atom stereocenters. The molecule has 0 saturated heterocycles. The molecule has 0 rings (SSSR count). The smallest absolute Gasteiger partial charge is 0.460 e. The molecule has 0 spiro atoms. The van der Waals surface area contributed by atoms with E-state index in [0.717, 1.165) is 0 Å². The van der Waals surface area contributed by atoms with Gasteiger partial charge >= 0.3 is 53.6 Å². The monoisotopic (exact) mass is 520 g/mol. The largest absolute Gasteiger partial charge is 0.478 e. The van der Waals surface area contributed by atoms with Gasteiger partial charge in [-0.05, 0) is 0 Å². The van der Waals surface area contributed by atoms with Crippen molar-refractivity contribution in [3.8, 4) is 0 Å². The van der Waals surface area contributed by atoms with E-state index in [1.165, 1.54) is 0 Å². The lowest BCUT2D eigenvalue weighted by Gasteiger charge is -2.38. The van der Waals surface area contributed by atoms with Gasteiger partial charge in [-0.2, -0.15) is 65.9 Å². The van der Waals surface area contributed by atoms with E-state index in [-0.39, 0.29) is 0 Å².